The molecule has 1 aliphatic rings. The van der Waals surface area contributed by atoms with Gasteiger partial charge in [-0.05, 0) is 49.2 Å². The minimum Gasteiger partial charge on any atom is -0.494 e. The number of carbonyl (C=O) groups is 1. The summed E-state index contributed by atoms with van der Waals surface area (Å²) < 4.78 is 12.2. The Bertz CT molecular complexity index is 1050. The second-order valence-electron chi connectivity index (χ2n) is 8.07. The zero-order chi connectivity index (χ0) is 23.0. The summed E-state index contributed by atoms with van der Waals surface area (Å²) in [7, 11) is 0. The van der Waals surface area contributed by atoms with Gasteiger partial charge in [0.05, 0.1) is 29.5 Å². The maximum absolute atomic E-state index is 13.5. The van der Waals surface area contributed by atoms with Gasteiger partial charge in [-0.2, -0.15) is 0 Å². The Morgan fingerprint density at radius 3 is 2.70 bits per heavy atom. The lowest BCUT2D eigenvalue weighted by atomic mass is 10.2. The molecule has 0 unspecified atom stereocenters. The van der Waals surface area contributed by atoms with E-state index in [1.54, 1.807) is 4.90 Å². The van der Waals surface area contributed by atoms with Gasteiger partial charge in [0.25, 0.3) is 5.91 Å². The van der Waals surface area contributed by atoms with Gasteiger partial charge < -0.3 is 9.47 Å². The fourth-order valence-electron chi connectivity index (χ4n) is 3.76. The number of nitrogens with zero attached hydrogens (tertiary/aromatic N) is 3. The molecular formula is C25H30ClN3O3S. The second kappa shape index (κ2) is 11.8. The van der Waals surface area contributed by atoms with Crippen LogP contribution in [0.25, 0.3) is 10.2 Å². The van der Waals surface area contributed by atoms with Crippen molar-refractivity contribution in [2.24, 2.45) is 0 Å². The summed E-state index contributed by atoms with van der Waals surface area (Å²) in [4.78, 5) is 22.4. The molecule has 33 heavy (non-hydrogen) atoms. The van der Waals surface area contributed by atoms with Crippen LogP contribution in [0.1, 0.15) is 36.5 Å². The highest BCUT2D eigenvalue weighted by atomic mass is 35.5. The summed E-state index contributed by atoms with van der Waals surface area (Å²) >= 11 is 7.85. The number of morpholine rings is 1. The van der Waals surface area contributed by atoms with Crippen LogP contribution < -0.4 is 9.64 Å². The predicted octanol–water partition coefficient (Wildman–Crippen LogP) is 5.50. The second-order valence-corrected chi connectivity index (χ2v) is 9.49. The standard InChI is InChI=1S/C25H30ClN3O3S/c1-2-3-16-32-20-10-8-19(9-11-20)24(30)29(13-5-12-28-14-17-31-18-15-28)25-27-23-21(26)6-4-7-22(23)33-25/h4,6-11H,2-3,5,12-18H2,1H3. The number of rotatable bonds is 10. The van der Waals surface area contributed by atoms with E-state index >= 15 is 0 Å². The quantitative estimate of drug-likeness (QED) is 0.353. The third-order valence-electron chi connectivity index (χ3n) is 5.66. The summed E-state index contributed by atoms with van der Waals surface area (Å²) in [5, 5.41) is 1.28. The molecule has 1 saturated heterocycles. The van der Waals surface area contributed by atoms with E-state index < -0.39 is 0 Å². The number of anilines is 1. The molecule has 0 aliphatic carbocycles. The van der Waals surface area contributed by atoms with Gasteiger partial charge in [0.2, 0.25) is 0 Å². The van der Waals surface area contributed by atoms with Crippen LogP contribution in [0.5, 0.6) is 5.75 Å². The lowest BCUT2D eigenvalue weighted by molar-refractivity contribution is 0.0376. The molecular weight excluding hydrogens is 458 g/mol. The Morgan fingerprint density at radius 1 is 1.18 bits per heavy atom. The maximum atomic E-state index is 13.5. The SMILES string of the molecule is CCCCOc1ccc(C(=O)N(CCCN2CCOCC2)c2nc3c(Cl)cccc3s2)cc1. The van der Waals surface area contributed by atoms with E-state index in [0.717, 1.165) is 68.1 Å². The Labute approximate surface area is 204 Å². The van der Waals surface area contributed by atoms with Gasteiger partial charge in [-0.25, -0.2) is 4.98 Å². The number of benzene rings is 2. The molecule has 6 nitrogen and oxygen atoms in total. The highest BCUT2D eigenvalue weighted by molar-refractivity contribution is 7.22. The molecule has 0 radical (unpaired) electrons. The van der Waals surface area contributed by atoms with Crippen molar-refractivity contribution in [3.05, 3.63) is 53.1 Å². The first-order valence-corrected chi connectivity index (χ1v) is 12.7. The van der Waals surface area contributed by atoms with Crippen molar-refractivity contribution in [3.8, 4) is 5.75 Å². The van der Waals surface area contributed by atoms with Crippen LogP contribution in [-0.4, -0.2) is 61.8 Å². The number of carbonyl (C=O) groups excluding carboxylic acids is 1. The molecule has 3 aromatic rings. The number of amides is 1. The number of aromatic nitrogens is 1. The summed E-state index contributed by atoms with van der Waals surface area (Å²) in [6.45, 7) is 7.73. The van der Waals surface area contributed by atoms with Gasteiger partial charge >= 0.3 is 0 Å². The number of unbranched alkanes of at least 4 members (excludes halogenated alkanes) is 1. The molecule has 0 saturated carbocycles. The third-order valence-corrected chi connectivity index (χ3v) is 7.01. The minimum atomic E-state index is -0.0627. The average molecular weight is 488 g/mol. The van der Waals surface area contributed by atoms with Crippen molar-refractivity contribution < 1.29 is 14.3 Å². The molecule has 1 aromatic heterocycles. The minimum absolute atomic E-state index is 0.0627. The summed E-state index contributed by atoms with van der Waals surface area (Å²) in [6.07, 6.45) is 2.95. The Hall–Kier alpha value is -2.19. The summed E-state index contributed by atoms with van der Waals surface area (Å²) in [5.41, 5.74) is 1.36. The first-order chi connectivity index (χ1) is 16.2. The monoisotopic (exact) mass is 487 g/mol. The van der Waals surface area contributed by atoms with Gasteiger partial charge in [-0.1, -0.05) is 42.3 Å². The van der Waals surface area contributed by atoms with Gasteiger partial charge in [-0.15, -0.1) is 0 Å². The molecule has 2 heterocycles. The molecule has 0 bridgehead atoms. The van der Waals surface area contributed by atoms with Crippen LogP contribution in [0.15, 0.2) is 42.5 Å². The number of thiazole rings is 1. The lowest BCUT2D eigenvalue weighted by Crippen LogP contribution is -2.39. The molecule has 2 aromatic carbocycles. The van der Waals surface area contributed by atoms with E-state index in [1.807, 2.05) is 42.5 Å². The number of hydrogen-bond acceptors (Lipinski definition) is 6. The fraction of sp³-hybridized carbons (Fsp3) is 0.440. The van der Waals surface area contributed by atoms with Gasteiger partial charge in [0.15, 0.2) is 5.13 Å². The van der Waals surface area contributed by atoms with Gasteiger partial charge in [-0.3, -0.25) is 14.6 Å². The van der Waals surface area contributed by atoms with Crippen molar-refractivity contribution in [1.82, 2.24) is 9.88 Å². The smallest absolute Gasteiger partial charge is 0.260 e. The van der Waals surface area contributed by atoms with Crippen molar-refractivity contribution >= 4 is 44.2 Å². The first-order valence-electron chi connectivity index (χ1n) is 11.6. The molecule has 0 atom stereocenters. The molecule has 1 aliphatic heterocycles. The normalized spacial score (nSPS) is 14.5. The van der Waals surface area contributed by atoms with Crippen molar-refractivity contribution in [1.29, 1.82) is 0 Å². The van der Waals surface area contributed by atoms with Gasteiger partial charge in [0.1, 0.15) is 11.3 Å². The van der Waals surface area contributed by atoms with E-state index in [9.17, 15) is 4.79 Å². The van der Waals surface area contributed by atoms with E-state index in [-0.39, 0.29) is 5.91 Å². The van der Waals surface area contributed by atoms with E-state index in [4.69, 9.17) is 26.1 Å². The molecule has 0 spiro atoms. The summed E-state index contributed by atoms with van der Waals surface area (Å²) in [5.74, 6) is 0.720. The Kier molecular flexibility index (Phi) is 8.56. The number of hydrogen-bond donors (Lipinski definition) is 0. The first kappa shape index (κ1) is 24.0. The van der Waals surface area contributed by atoms with Crippen LogP contribution in [0.4, 0.5) is 5.13 Å². The summed E-state index contributed by atoms with van der Waals surface area (Å²) in [6, 6.07) is 13.1. The van der Waals surface area contributed by atoms with Crippen LogP contribution in [0.2, 0.25) is 5.02 Å². The number of fused-ring (bicyclic) bond motifs is 1. The highest BCUT2D eigenvalue weighted by Crippen LogP contribution is 2.33. The largest absolute Gasteiger partial charge is 0.494 e. The van der Waals surface area contributed by atoms with Crippen molar-refractivity contribution in [3.63, 3.8) is 0 Å². The zero-order valence-electron chi connectivity index (χ0n) is 19.0. The zero-order valence-corrected chi connectivity index (χ0v) is 20.5. The molecule has 176 valence electrons. The molecule has 8 heteroatoms. The topological polar surface area (TPSA) is 54.9 Å². The molecule has 0 N–H and O–H groups in total. The number of halogens is 1. The van der Waals surface area contributed by atoms with E-state index in [0.29, 0.717) is 28.9 Å². The third kappa shape index (κ3) is 6.23. The molecule has 1 fully saturated rings. The number of para-hydroxylation sites is 1. The van der Waals surface area contributed by atoms with E-state index in [2.05, 4.69) is 11.8 Å². The maximum Gasteiger partial charge on any atom is 0.260 e. The van der Waals surface area contributed by atoms with Crippen LogP contribution in [-0.2, 0) is 4.74 Å². The fourth-order valence-corrected chi connectivity index (χ4v) is 5.05. The average Bonchev–Trinajstić information content (AvgIpc) is 3.28. The predicted molar refractivity (Wildman–Crippen MR) is 135 cm³/mol. The van der Waals surface area contributed by atoms with Crippen LogP contribution in [0, 0.1) is 0 Å². The van der Waals surface area contributed by atoms with Crippen LogP contribution in [0.3, 0.4) is 0 Å². The molecule has 4 rings (SSSR count). The lowest BCUT2D eigenvalue weighted by Gasteiger charge is -2.27. The highest BCUT2D eigenvalue weighted by Gasteiger charge is 2.22. The Morgan fingerprint density at radius 2 is 1.97 bits per heavy atom. The van der Waals surface area contributed by atoms with Crippen molar-refractivity contribution in [2.75, 3.05) is 50.9 Å². The van der Waals surface area contributed by atoms with Crippen LogP contribution >= 0.6 is 22.9 Å². The Balaban J connectivity index is 1.51. The van der Waals surface area contributed by atoms with E-state index in [1.165, 1.54) is 11.3 Å². The van der Waals surface area contributed by atoms with Gasteiger partial charge in [0, 0.05) is 31.7 Å². The number of ether oxygens (including phenoxy) is 2. The van der Waals surface area contributed by atoms with Crippen molar-refractivity contribution in [2.45, 2.75) is 26.2 Å². The molecule has 1 amide bonds.